The van der Waals surface area contributed by atoms with Crippen molar-refractivity contribution in [3.8, 4) is 0 Å². The second-order valence-electron chi connectivity index (χ2n) is 7.17. The van der Waals surface area contributed by atoms with Gasteiger partial charge in [-0.2, -0.15) is 0 Å². The number of nitrogens with one attached hydrogen (secondary N) is 1. The van der Waals surface area contributed by atoms with Gasteiger partial charge in [-0.15, -0.1) is 0 Å². The van der Waals surface area contributed by atoms with Crippen molar-refractivity contribution in [1.82, 2.24) is 15.0 Å². The van der Waals surface area contributed by atoms with Crippen LogP contribution < -0.4 is 10.2 Å². The zero-order valence-electron chi connectivity index (χ0n) is 15.0. The summed E-state index contributed by atoms with van der Waals surface area (Å²) in [6.45, 7) is 6.58. The molecular weight excluding hydrogens is 314 g/mol. The van der Waals surface area contributed by atoms with Gasteiger partial charge in [0, 0.05) is 54.9 Å². The number of fused-ring (bicyclic) bond motifs is 2. The molecule has 4 rings (SSSR count). The van der Waals surface area contributed by atoms with Crippen molar-refractivity contribution in [2.45, 2.75) is 51.9 Å². The zero-order chi connectivity index (χ0) is 17.6. The van der Waals surface area contributed by atoms with Gasteiger partial charge in [0.15, 0.2) is 0 Å². The van der Waals surface area contributed by atoms with E-state index in [1.54, 1.807) is 0 Å². The van der Waals surface area contributed by atoms with Gasteiger partial charge in [-0.25, -0.2) is 15.0 Å². The quantitative estimate of drug-likeness (QED) is 0.927. The van der Waals surface area contributed by atoms with Crippen LogP contribution >= 0.6 is 0 Å². The molecule has 6 nitrogen and oxygen atoms in total. The van der Waals surface area contributed by atoms with Crippen LogP contribution in [-0.4, -0.2) is 27.4 Å². The van der Waals surface area contributed by atoms with E-state index in [1.165, 1.54) is 25.3 Å². The Bertz CT molecular complexity index is 844. The molecule has 2 aliphatic rings. The van der Waals surface area contributed by atoms with Crippen molar-refractivity contribution >= 4 is 23.2 Å². The van der Waals surface area contributed by atoms with Gasteiger partial charge in [0.05, 0.1) is 5.69 Å². The number of amides is 1. The molecule has 0 aromatic carbocycles. The van der Waals surface area contributed by atoms with Crippen molar-refractivity contribution in [3.63, 3.8) is 0 Å². The molecule has 1 aliphatic carbocycles. The summed E-state index contributed by atoms with van der Waals surface area (Å²) in [5, 5.41) is 2.79. The summed E-state index contributed by atoms with van der Waals surface area (Å²) in [4.78, 5) is 27.4. The maximum atomic E-state index is 11.4. The van der Waals surface area contributed by atoms with Gasteiger partial charge in [0.2, 0.25) is 5.91 Å². The third-order valence-corrected chi connectivity index (χ3v) is 5.00. The summed E-state index contributed by atoms with van der Waals surface area (Å²) in [5.74, 6) is 2.32. The highest BCUT2D eigenvalue weighted by Gasteiger charge is 2.52. The SMILES string of the molecule is CCCc1nc(C)cc(N2CC3(CC3)c3cnc(NC(C)=O)cc32)n1. The van der Waals surface area contributed by atoms with E-state index in [9.17, 15) is 4.79 Å². The number of carbonyl (C=O) groups is 1. The van der Waals surface area contributed by atoms with Crippen molar-refractivity contribution < 1.29 is 4.79 Å². The molecule has 2 aromatic rings. The normalized spacial score (nSPS) is 16.8. The fraction of sp³-hybridized carbons (Fsp3) is 0.474. The number of carbonyl (C=O) groups excluding carboxylic acids is 1. The Morgan fingerprint density at radius 3 is 2.80 bits per heavy atom. The van der Waals surface area contributed by atoms with Crippen LogP contribution in [0.5, 0.6) is 0 Å². The van der Waals surface area contributed by atoms with Crippen LogP contribution in [0, 0.1) is 6.92 Å². The molecule has 0 bridgehead atoms. The molecule has 1 fully saturated rings. The minimum atomic E-state index is -0.110. The van der Waals surface area contributed by atoms with Gasteiger partial charge in [0.1, 0.15) is 17.5 Å². The lowest BCUT2D eigenvalue weighted by molar-refractivity contribution is -0.114. The Hall–Kier alpha value is -2.50. The largest absolute Gasteiger partial charge is 0.325 e. The highest BCUT2D eigenvalue weighted by molar-refractivity contribution is 5.89. The van der Waals surface area contributed by atoms with Gasteiger partial charge in [-0.05, 0) is 26.2 Å². The molecule has 0 saturated heterocycles. The number of anilines is 3. The van der Waals surface area contributed by atoms with Crippen LogP contribution in [0.4, 0.5) is 17.3 Å². The molecule has 1 spiro atoms. The maximum absolute atomic E-state index is 11.4. The lowest BCUT2D eigenvalue weighted by Crippen LogP contribution is -2.21. The van der Waals surface area contributed by atoms with E-state index in [-0.39, 0.29) is 11.3 Å². The first-order valence-corrected chi connectivity index (χ1v) is 8.91. The van der Waals surface area contributed by atoms with Gasteiger partial charge in [-0.3, -0.25) is 4.79 Å². The van der Waals surface area contributed by atoms with Gasteiger partial charge < -0.3 is 10.2 Å². The number of nitrogens with zero attached hydrogens (tertiary/aromatic N) is 4. The number of aryl methyl sites for hydroxylation is 2. The van der Waals surface area contributed by atoms with E-state index in [1.807, 2.05) is 25.3 Å². The Labute approximate surface area is 147 Å². The minimum absolute atomic E-state index is 0.110. The number of hydrogen-bond donors (Lipinski definition) is 1. The van der Waals surface area contributed by atoms with Crippen molar-refractivity contribution in [2.75, 3.05) is 16.8 Å². The monoisotopic (exact) mass is 337 g/mol. The summed E-state index contributed by atoms with van der Waals surface area (Å²) in [5.41, 5.74) is 3.58. The third-order valence-electron chi connectivity index (χ3n) is 5.00. The fourth-order valence-electron chi connectivity index (χ4n) is 3.67. The van der Waals surface area contributed by atoms with E-state index in [0.29, 0.717) is 5.82 Å². The lowest BCUT2D eigenvalue weighted by Gasteiger charge is -2.20. The number of rotatable bonds is 4. The maximum Gasteiger partial charge on any atom is 0.222 e. The second-order valence-corrected chi connectivity index (χ2v) is 7.17. The van der Waals surface area contributed by atoms with Crippen LogP contribution in [0.1, 0.15) is 50.2 Å². The van der Waals surface area contributed by atoms with Crippen LogP contribution in [-0.2, 0) is 16.6 Å². The molecule has 0 unspecified atom stereocenters. The Kier molecular flexibility index (Phi) is 3.71. The molecule has 3 heterocycles. The van der Waals surface area contributed by atoms with Crippen molar-refractivity contribution in [1.29, 1.82) is 0 Å². The molecule has 0 atom stereocenters. The van der Waals surface area contributed by atoms with Gasteiger partial charge in [0.25, 0.3) is 0 Å². The highest BCUT2D eigenvalue weighted by atomic mass is 16.1. The standard InChI is InChI=1S/C19H23N5O/c1-4-5-16-21-12(2)8-18(23-16)24-11-19(6-7-19)14-10-20-17(9-15(14)24)22-13(3)25/h8-10H,4-7,11H2,1-3H3,(H,20,22,25). The summed E-state index contributed by atoms with van der Waals surface area (Å²) in [6.07, 6.45) is 6.20. The molecule has 25 heavy (non-hydrogen) atoms. The molecule has 2 aromatic heterocycles. The topological polar surface area (TPSA) is 71.0 Å². The third kappa shape index (κ3) is 2.86. The lowest BCUT2D eigenvalue weighted by atomic mass is 10.0. The summed E-state index contributed by atoms with van der Waals surface area (Å²) in [7, 11) is 0. The van der Waals surface area contributed by atoms with E-state index in [0.717, 1.165) is 42.4 Å². The first kappa shape index (κ1) is 16.0. The zero-order valence-corrected chi connectivity index (χ0v) is 15.0. The fourth-order valence-corrected chi connectivity index (χ4v) is 3.67. The summed E-state index contributed by atoms with van der Waals surface area (Å²) < 4.78 is 0. The molecule has 1 aliphatic heterocycles. The minimum Gasteiger partial charge on any atom is -0.325 e. The predicted molar refractivity (Wildman–Crippen MR) is 97.2 cm³/mol. The van der Waals surface area contributed by atoms with E-state index in [2.05, 4.69) is 27.1 Å². The van der Waals surface area contributed by atoms with E-state index >= 15 is 0 Å². The molecule has 6 heteroatoms. The van der Waals surface area contributed by atoms with Crippen LogP contribution in [0.25, 0.3) is 0 Å². The first-order valence-electron chi connectivity index (χ1n) is 8.91. The number of aromatic nitrogens is 3. The Morgan fingerprint density at radius 2 is 2.12 bits per heavy atom. The molecule has 130 valence electrons. The predicted octanol–water partition coefficient (Wildman–Crippen LogP) is 3.27. The van der Waals surface area contributed by atoms with Crippen LogP contribution in [0.2, 0.25) is 0 Å². The van der Waals surface area contributed by atoms with E-state index in [4.69, 9.17) is 4.98 Å². The van der Waals surface area contributed by atoms with Gasteiger partial charge >= 0.3 is 0 Å². The number of pyridine rings is 1. The summed E-state index contributed by atoms with van der Waals surface area (Å²) in [6, 6.07) is 4.02. The van der Waals surface area contributed by atoms with E-state index < -0.39 is 0 Å². The van der Waals surface area contributed by atoms with Crippen molar-refractivity contribution in [2.24, 2.45) is 0 Å². The number of hydrogen-bond acceptors (Lipinski definition) is 5. The molecule has 1 amide bonds. The molecule has 1 saturated carbocycles. The van der Waals surface area contributed by atoms with Crippen LogP contribution in [0.3, 0.4) is 0 Å². The Balaban J connectivity index is 1.77. The van der Waals surface area contributed by atoms with Crippen molar-refractivity contribution in [3.05, 3.63) is 35.4 Å². The highest BCUT2D eigenvalue weighted by Crippen LogP contribution is 2.57. The summed E-state index contributed by atoms with van der Waals surface area (Å²) >= 11 is 0. The average Bonchev–Trinajstić information content (AvgIpc) is 3.24. The molecular formula is C19H23N5O. The molecule has 1 N–H and O–H groups in total. The van der Waals surface area contributed by atoms with Crippen LogP contribution in [0.15, 0.2) is 18.3 Å². The second kappa shape index (κ2) is 5.79. The smallest absolute Gasteiger partial charge is 0.222 e. The first-order chi connectivity index (χ1) is 12.0. The van der Waals surface area contributed by atoms with Gasteiger partial charge in [-0.1, -0.05) is 6.92 Å². The molecule has 0 radical (unpaired) electrons. The average molecular weight is 337 g/mol. The Morgan fingerprint density at radius 1 is 1.32 bits per heavy atom.